The van der Waals surface area contributed by atoms with E-state index in [-0.39, 0.29) is 11.8 Å². The summed E-state index contributed by atoms with van der Waals surface area (Å²) in [5.74, 6) is 1.64. The van der Waals surface area contributed by atoms with E-state index in [0.29, 0.717) is 11.8 Å². The molecule has 0 saturated carbocycles. The molecule has 2 rings (SSSR count). The van der Waals surface area contributed by atoms with Gasteiger partial charge < -0.3 is 0 Å². The fourth-order valence-electron chi connectivity index (χ4n) is 2.80. The Bertz CT molecular complexity index is 427. The molecule has 3 atom stereocenters. The second kappa shape index (κ2) is 5.87. The van der Waals surface area contributed by atoms with Crippen LogP contribution < -0.4 is 0 Å². The topological polar surface area (TPSA) is 20.3 Å². The molecule has 1 fully saturated rings. The average Bonchev–Trinajstić information content (AvgIpc) is 2.77. The Morgan fingerprint density at radius 2 is 1.74 bits per heavy atom. The predicted molar refractivity (Wildman–Crippen MR) is 79.5 cm³/mol. The van der Waals surface area contributed by atoms with E-state index in [2.05, 4.69) is 37.8 Å². The molecule has 0 amide bonds. The third kappa shape index (κ3) is 3.06. The molecule has 0 aromatic heterocycles. The quantitative estimate of drug-likeness (QED) is 0.772. The Kier molecular flexibility index (Phi) is 4.41. The largest absolute Gasteiger partial charge is 0.293 e. The van der Waals surface area contributed by atoms with Crippen molar-refractivity contribution in [2.45, 2.75) is 40.2 Å². The second-order valence-electron chi connectivity index (χ2n) is 6.00. The van der Waals surface area contributed by atoms with Gasteiger partial charge in [-0.15, -0.1) is 0 Å². The number of Topliss-reactive ketones (excluding diaryl/α,β-unsaturated/α-hetero) is 1. The molecule has 1 saturated heterocycles. The second-order valence-corrected chi connectivity index (χ2v) is 6.00. The summed E-state index contributed by atoms with van der Waals surface area (Å²) in [6.45, 7) is 10.8. The van der Waals surface area contributed by atoms with E-state index < -0.39 is 0 Å². The lowest BCUT2D eigenvalue weighted by molar-refractivity contribution is 0.0861. The smallest absolute Gasteiger partial charge is 0.179 e. The van der Waals surface area contributed by atoms with Crippen molar-refractivity contribution in [3.8, 4) is 0 Å². The number of rotatable bonds is 4. The molecule has 1 aliphatic heterocycles. The van der Waals surface area contributed by atoms with E-state index in [9.17, 15) is 4.79 Å². The third-order valence-corrected chi connectivity index (χ3v) is 4.59. The molecule has 3 unspecified atom stereocenters. The van der Waals surface area contributed by atoms with Crippen LogP contribution in [0.5, 0.6) is 0 Å². The fourth-order valence-corrected chi connectivity index (χ4v) is 2.80. The van der Waals surface area contributed by atoms with Crippen LogP contribution in [-0.2, 0) is 6.42 Å². The van der Waals surface area contributed by atoms with Crippen LogP contribution in [0.3, 0.4) is 0 Å². The zero-order valence-electron chi connectivity index (χ0n) is 12.5. The summed E-state index contributed by atoms with van der Waals surface area (Å²) >= 11 is 0. The van der Waals surface area contributed by atoms with Crippen molar-refractivity contribution in [3.63, 3.8) is 0 Å². The van der Waals surface area contributed by atoms with E-state index >= 15 is 0 Å². The van der Waals surface area contributed by atoms with Gasteiger partial charge in [-0.05, 0) is 30.7 Å². The molecule has 0 N–H and O–H groups in total. The van der Waals surface area contributed by atoms with E-state index in [0.717, 1.165) is 25.1 Å². The minimum Gasteiger partial charge on any atom is -0.293 e. The van der Waals surface area contributed by atoms with Crippen molar-refractivity contribution in [3.05, 3.63) is 35.4 Å². The van der Waals surface area contributed by atoms with Crippen LogP contribution in [0, 0.1) is 11.8 Å². The number of benzene rings is 1. The Labute approximate surface area is 116 Å². The maximum atomic E-state index is 12.5. The summed E-state index contributed by atoms with van der Waals surface area (Å²) in [4.78, 5) is 14.8. The van der Waals surface area contributed by atoms with E-state index in [1.807, 2.05) is 19.1 Å². The highest BCUT2D eigenvalue weighted by Crippen LogP contribution is 2.25. The molecule has 0 spiro atoms. The maximum absolute atomic E-state index is 12.5. The highest BCUT2D eigenvalue weighted by molar-refractivity contribution is 5.99. The molecular formula is C17H25NO. The molecule has 19 heavy (non-hydrogen) atoms. The van der Waals surface area contributed by atoms with Crippen LogP contribution in [0.1, 0.15) is 43.6 Å². The molecule has 2 heteroatoms. The first-order chi connectivity index (χ1) is 9.02. The molecule has 1 aliphatic rings. The Hall–Kier alpha value is -1.15. The van der Waals surface area contributed by atoms with Gasteiger partial charge in [-0.2, -0.15) is 0 Å². The standard InChI is InChI=1S/C17H25NO/c1-5-15-6-8-16(9-7-15)17(19)14(4)18-10-12(2)13(3)11-18/h6-9,12-14H,5,10-11H2,1-4H3. The van der Waals surface area contributed by atoms with Gasteiger partial charge in [0, 0.05) is 18.7 Å². The minimum atomic E-state index is -0.000114. The van der Waals surface area contributed by atoms with E-state index in [1.165, 1.54) is 5.56 Å². The summed E-state index contributed by atoms with van der Waals surface area (Å²) in [5, 5.41) is 0. The molecular weight excluding hydrogens is 234 g/mol. The van der Waals surface area contributed by atoms with Crippen molar-refractivity contribution in [1.82, 2.24) is 4.90 Å². The number of likely N-dealkylation sites (tertiary alicyclic amines) is 1. The Morgan fingerprint density at radius 1 is 1.21 bits per heavy atom. The van der Waals surface area contributed by atoms with Gasteiger partial charge in [-0.3, -0.25) is 9.69 Å². The summed E-state index contributed by atoms with van der Waals surface area (Å²) in [6.07, 6.45) is 1.02. The van der Waals surface area contributed by atoms with Crippen molar-refractivity contribution in [2.24, 2.45) is 11.8 Å². The molecule has 1 heterocycles. The zero-order chi connectivity index (χ0) is 14.0. The van der Waals surface area contributed by atoms with Crippen molar-refractivity contribution < 1.29 is 4.79 Å². The van der Waals surface area contributed by atoms with Gasteiger partial charge >= 0.3 is 0 Å². The number of hydrogen-bond donors (Lipinski definition) is 0. The molecule has 1 aromatic carbocycles. The number of carbonyl (C=O) groups excluding carboxylic acids is 1. The fraction of sp³-hybridized carbons (Fsp3) is 0.588. The minimum absolute atomic E-state index is 0.000114. The highest BCUT2D eigenvalue weighted by atomic mass is 16.1. The van der Waals surface area contributed by atoms with Crippen LogP contribution in [0.25, 0.3) is 0 Å². The first kappa shape index (κ1) is 14.3. The van der Waals surface area contributed by atoms with Crippen LogP contribution in [0.2, 0.25) is 0 Å². The lowest BCUT2D eigenvalue weighted by Gasteiger charge is -2.23. The van der Waals surface area contributed by atoms with Crippen LogP contribution in [0.15, 0.2) is 24.3 Å². The van der Waals surface area contributed by atoms with Crippen molar-refractivity contribution in [1.29, 1.82) is 0 Å². The number of carbonyl (C=O) groups is 1. The number of aryl methyl sites for hydroxylation is 1. The van der Waals surface area contributed by atoms with Crippen LogP contribution >= 0.6 is 0 Å². The first-order valence-electron chi connectivity index (χ1n) is 7.40. The number of hydrogen-bond acceptors (Lipinski definition) is 2. The van der Waals surface area contributed by atoms with E-state index in [1.54, 1.807) is 0 Å². The Balaban J connectivity index is 2.06. The maximum Gasteiger partial charge on any atom is 0.179 e. The van der Waals surface area contributed by atoms with Crippen LogP contribution in [-0.4, -0.2) is 29.8 Å². The van der Waals surface area contributed by atoms with Gasteiger partial charge in [0.15, 0.2) is 5.78 Å². The Morgan fingerprint density at radius 3 is 2.21 bits per heavy atom. The molecule has 0 bridgehead atoms. The normalized spacial score (nSPS) is 25.5. The van der Waals surface area contributed by atoms with Gasteiger partial charge in [-0.1, -0.05) is 45.0 Å². The van der Waals surface area contributed by atoms with Gasteiger partial charge in [0.25, 0.3) is 0 Å². The zero-order valence-corrected chi connectivity index (χ0v) is 12.5. The monoisotopic (exact) mass is 259 g/mol. The predicted octanol–water partition coefficient (Wildman–Crippen LogP) is 3.41. The van der Waals surface area contributed by atoms with Gasteiger partial charge in [0.05, 0.1) is 6.04 Å². The summed E-state index contributed by atoms with van der Waals surface area (Å²) in [6, 6.07) is 8.07. The molecule has 1 aromatic rings. The molecule has 0 aliphatic carbocycles. The molecule has 104 valence electrons. The summed E-state index contributed by atoms with van der Waals surface area (Å²) in [7, 11) is 0. The van der Waals surface area contributed by atoms with E-state index in [4.69, 9.17) is 0 Å². The molecule has 2 nitrogen and oxygen atoms in total. The van der Waals surface area contributed by atoms with Crippen molar-refractivity contribution in [2.75, 3.05) is 13.1 Å². The summed E-state index contributed by atoms with van der Waals surface area (Å²) < 4.78 is 0. The average molecular weight is 259 g/mol. The van der Waals surface area contributed by atoms with Crippen molar-refractivity contribution >= 4 is 5.78 Å². The first-order valence-corrected chi connectivity index (χ1v) is 7.40. The SMILES string of the molecule is CCc1ccc(C(=O)C(C)N2CC(C)C(C)C2)cc1. The highest BCUT2D eigenvalue weighted by Gasteiger charge is 2.32. The van der Waals surface area contributed by atoms with Gasteiger partial charge in [0.1, 0.15) is 0 Å². The van der Waals surface area contributed by atoms with Crippen LogP contribution in [0.4, 0.5) is 0 Å². The third-order valence-electron chi connectivity index (χ3n) is 4.59. The van der Waals surface area contributed by atoms with Gasteiger partial charge in [0.2, 0.25) is 0 Å². The molecule has 0 radical (unpaired) electrons. The number of nitrogens with zero attached hydrogens (tertiary/aromatic N) is 1. The lowest BCUT2D eigenvalue weighted by atomic mass is 10.0. The number of ketones is 1. The van der Waals surface area contributed by atoms with Gasteiger partial charge in [-0.25, -0.2) is 0 Å². The summed E-state index contributed by atoms with van der Waals surface area (Å²) in [5.41, 5.74) is 2.13. The lowest BCUT2D eigenvalue weighted by Crippen LogP contribution is -2.37.